The molecule has 4 rings (SSSR count). The van der Waals surface area contributed by atoms with Crippen molar-refractivity contribution in [3.8, 4) is 0 Å². The Hall–Kier alpha value is -2.59. The van der Waals surface area contributed by atoms with Crippen molar-refractivity contribution in [3.63, 3.8) is 0 Å². The first kappa shape index (κ1) is 18.8. The van der Waals surface area contributed by atoms with Gasteiger partial charge in [-0.1, -0.05) is 60.1 Å². The van der Waals surface area contributed by atoms with Crippen molar-refractivity contribution in [3.05, 3.63) is 76.8 Å². The maximum absolute atomic E-state index is 12.8. The fourth-order valence-electron chi connectivity index (χ4n) is 3.80. The Morgan fingerprint density at radius 2 is 1.54 bits per heavy atom. The van der Waals surface area contributed by atoms with Crippen LogP contribution in [0.15, 0.2) is 60.7 Å². The summed E-state index contributed by atoms with van der Waals surface area (Å²) < 4.78 is 0. The summed E-state index contributed by atoms with van der Waals surface area (Å²) in [7, 11) is 0. The number of benzene rings is 2. The number of hydrogen-bond donors (Lipinski definition) is 0. The molecule has 2 fully saturated rings. The number of carbonyl (C=O) groups excluding carboxylic acids is 2. The molecule has 2 aliphatic rings. The van der Waals surface area contributed by atoms with Gasteiger partial charge in [0.2, 0.25) is 11.8 Å². The molecule has 1 saturated heterocycles. The average Bonchev–Trinajstić information content (AvgIpc) is 3.54. The van der Waals surface area contributed by atoms with E-state index in [1.54, 1.807) is 23.1 Å². The Labute approximate surface area is 170 Å². The molecule has 1 aliphatic carbocycles. The minimum absolute atomic E-state index is 0.0411. The smallest absolute Gasteiger partial charge is 0.246 e. The monoisotopic (exact) mass is 394 g/mol. The van der Waals surface area contributed by atoms with Crippen molar-refractivity contribution in [2.75, 3.05) is 26.2 Å². The predicted molar refractivity (Wildman–Crippen MR) is 111 cm³/mol. The third-order valence-corrected chi connectivity index (χ3v) is 5.89. The predicted octanol–water partition coefficient (Wildman–Crippen LogP) is 3.83. The second kappa shape index (κ2) is 8.19. The van der Waals surface area contributed by atoms with Crippen LogP contribution < -0.4 is 0 Å². The Balaban J connectivity index is 1.28. The molecule has 0 bridgehead atoms. The van der Waals surface area contributed by atoms with Crippen LogP contribution in [0.2, 0.25) is 5.02 Å². The first-order valence-corrected chi connectivity index (χ1v) is 10.1. The van der Waals surface area contributed by atoms with Crippen LogP contribution >= 0.6 is 11.6 Å². The van der Waals surface area contributed by atoms with Crippen LogP contribution in [0.5, 0.6) is 0 Å². The van der Waals surface area contributed by atoms with E-state index in [9.17, 15) is 9.59 Å². The van der Waals surface area contributed by atoms with Crippen molar-refractivity contribution in [1.82, 2.24) is 9.80 Å². The number of carbonyl (C=O) groups is 2. The van der Waals surface area contributed by atoms with Gasteiger partial charge >= 0.3 is 0 Å². The molecule has 0 aromatic heterocycles. The number of hydrogen-bond acceptors (Lipinski definition) is 2. The zero-order valence-electron chi connectivity index (χ0n) is 15.6. The normalized spacial score (nSPS) is 21.8. The summed E-state index contributed by atoms with van der Waals surface area (Å²) in [4.78, 5) is 28.9. The molecule has 5 heteroatoms. The molecule has 0 N–H and O–H groups in total. The lowest BCUT2D eigenvalue weighted by Gasteiger charge is -2.34. The standard InChI is InChI=1S/C23H23ClN2O2/c24-21-9-5-4-8-18(21)10-11-22(27)25-12-14-26(15-13-25)23(28)20-16-19(20)17-6-2-1-3-7-17/h1-11,19-20H,12-16H2. The van der Waals surface area contributed by atoms with Gasteiger partial charge in [0, 0.05) is 43.2 Å². The van der Waals surface area contributed by atoms with E-state index in [4.69, 9.17) is 11.6 Å². The third-order valence-electron chi connectivity index (χ3n) is 5.55. The van der Waals surface area contributed by atoms with Crippen LogP contribution in [0.4, 0.5) is 0 Å². The molecule has 0 spiro atoms. The highest BCUT2D eigenvalue weighted by Gasteiger charge is 2.46. The van der Waals surface area contributed by atoms with Gasteiger partial charge < -0.3 is 9.80 Å². The van der Waals surface area contributed by atoms with Crippen LogP contribution in [-0.4, -0.2) is 47.8 Å². The molecule has 2 unspecified atom stereocenters. The molecule has 1 aliphatic heterocycles. The maximum Gasteiger partial charge on any atom is 0.246 e. The largest absolute Gasteiger partial charge is 0.339 e. The van der Waals surface area contributed by atoms with Crippen LogP contribution in [0.3, 0.4) is 0 Å². The number of halogens is 1. The zero-order valence-corrected chi connectivity index (χ0v) is 16.4. The quantitative estimate of drug-likeness (QED) is 0.739. The van der Waals surface area contributed by atoms with Gasteiger partial charge in [0.1, 0.15) is 0 Å². The molecule has 4 nitrogen and oxygen atoms in total. The van der Waals surface area contributed by atoms with Crippen LogP contribution in [0.25, 0.3) is 6.08 Å². The van der Waals surface area contributed by atoms with Gasteiger partial charge in [-0.3, -0.25) is 9.59 Å². The van der Waals surface area contributed by atoms with Gasteiger partial charge in [-0.25, -0.2) is 0 Å². The Bertz CT molecular complexity index is 888. The summed E-state index contributed by atoms with van der Waals surface area (Å²) in [5.41, 5.74) is 2.08. The molecule has 0 radical (unpaired) electrons. The van der Waals surface area contributed by atoms with E-state index in [0.717, 1.165) is 12.0 Å². The average molecular weight is 395 g/mol. The first-order valence-electron chi connectivity index (χ1n) is 9.69. The van der Waals surface area contributed by atoms with Crippen LogP contribution in [-0.2, 0) is 9.59 Å². The number of rotatable bonds is 4. The maximum atomic E-state index is 12.8. The summed E-state index contributed by atoms with van der Waals surface area (Å²) in [6.45, 7) is 2.34. The van der Waals surface area contributed by atoms with E-state index in [2.05, 4.69) is 12.1 Å². The molecule has 2 aromatic carbocycles. The molecule has 144 valence electrons. The summed E-state index contributed by atoms with van der Waals surface area (Å²) in [6, 6.07) is 17.7. The lowest BCUT2D eigenvalue weighted by atomic mass is 10.1. The van der Waals surface area contributed by atoms with Gasteiger partial charge in [-0.2, -0.15) is 0 Å². The fraction of sp³-hybridized carbons (Fsp3) is 0.304. The molecule has 1 heterocycles. The zero-order chi connectivity index (χ0) is 19.5. The molecule has 28 heavy (non-hydrogen) atoms. The number of amides is 2. The van der Waals surface area contributed by atoms with Crippen LogP contribution in [0.1, 0.15) is 23.5 Å². The van der Waals surface area contributed by atoms with E-state index in [-0.39, 0.29) is 17.7 Å². The van der Waals surface area contributed by atoms with Gasteiger partial charge in [0.15, 0.2) is 0 Å². The molecule has 2 aromatic rings. The number of piperazine rings is 1. The lowest BCUT2D eigenvalue weighted by Crippen LogP contribution is -2.50. The Morgan fingerprint density at radius 3 is 2.25 bits per heavy atom. The van der Waals surface area contributed by atoms with Crippen molar-refractivity contribution in [2.24, 2.45) is 5.92 Å². The highest BCUT2D eigenvalue weighted by Crippen LogP contribution is 2.48. The van der Waals surface area contributed by atoms with E-state index >= 15 is 0 Å². The second-order valence-corrected chi connectivity index (χ2v) is 7.77. The topological polar surface area (TPSA) is 40.6 Å². The minimum atomic E-state index is -0.0411. The summed E-state index contributed by atoms with van der Waals surface area (Å²) in [5, 5.41) is 0.624. The molecule has 2 atom stereocenters. The van der Waals surface area contributed by atoms with Crippen LogP contribution in [0, 0.1) is 5.92 Å². The van der Waals surface area contributed by atoms with Gasteiger partial charge in [-0.05, 0) is 35.6 Å². The molecule has 1 saturated carbocycles. The highest BCUT2D eigenvalue weighted by molar-refractivity contribution is 6.32. The van der Waals surface area contributed by atoms with Crippen molar-refractivity contribution < 1.29 is 9.59 Å². The van der Waals surface area contributed by atoms with Crippen molar-refractivity contribution in [1.29, 1.82) is 0 Å². The second-order valence-electron chi connectivity index (χ2n) is 7.36. The first-order chi connectivity index (χ1) is 13.6. The molecular weight excluding hydrogens is 372 g/mol. The molecule has 2 amide bonds. The highest BCUT2D eigenvalue weighted by atomic mass is 35.5. The van der Waals surface area contributed by atoms with Crippen molar-refractivity contribution >= 4 is 29.5 Å². The van der Waals surface area contributed by atoms with E-state index < -0.39 is 0 Å². The van der Waals surface area contributed by atoms with Gasteiger partial charge in [0.25, 0.3) is 0 Å². The van der Waals surface area contributed by atoms with E-state index in [0.29, 0.717) is 37.1 Å². The summed E-state index contributed by atoms with van der Waals surface area (Å²) >= 11 is 6.12. The SMILES string of the molecule is O=C(C=Cc1ccccc1Cl)N1CCN(C(=O)C2CC2c2ccccc2)CC1. The van der Waals surface area contributed by atoms with E-state index in [1.165, 1.54) is 5.56 Å². The van der Waals surface area contributed by atoms with Crippen molar-refractivity contribution in [2.45, 2.75) is 12.3 Å². The van der Waals surface area contributed by atoms with Gasteiger partial charge in [-0.15, -0.1) is 0 Å². The Morgan fingerprint density at radius 1 is 0.893 bits per heavy atom. The molecular formula is C23H23ClN2O2. The number of nitrogens with zero attached hydrogens (tertiary/aromatic N) is 2. The van der Waals surface area contributed by atoms with E-state index in [1.807, 2.05) is 41.3 Å². The van der Waals surface area contributed by atoms with Gasteiger partial charge in [0.05, 0.1) is 0 Å². The summed E-state index contributed by atoms with van der Waals surface area (Å²) in [5.74, 6) is 0.643. The summed E-state index contributed by atoms with van der Waals surface area (Å²) in [6.07, 6.45) is 4.24. The third kappa shape index (κ3) is 4.12. The fourth-order valence-corrected chi connectivity index (χ4v) is 3.99. The Kier molecular flexibility index (Phi) is 5.49. The minimum Gasteiger partial charge on any atom is -0.339 e. The lowest BCUT2D eigenvalue weighted by molar-refractivity contribution is -0.138.